The van der Waals surface area contributed by atoms with Gasteiger partial charge in [-0.15, -0.1) is 0 Å². The highest BCUT2D eigenvalue weighted by Crippen LogP contribution is 2.24. The number of aliphatic hydroxyl groups excluding tert-OH is 1. The monoisotopic (exact) mass is 283 g/mol. The van der Waals surface area contributed by atoms with Gasteiger partial charge in [0.15, 0.2) is 0 Å². The highest BCUT2D eigenvalue weighted by molar-refractivity contribution is 5.31. The van der Waals surface area contributed by atoms with E-state index in [1.807, 2.05) is 7.05 Å². The summed E-state index contributed by atoms with van der Waals surface area (Å²) in [6.45, 7) is 9.44. The van der Waals surface area contributed by atoms with E-state index in [0.29, 0.717) is 6.54 Å². The van der Waals surface area contributed by atoms with Crippen molar-refractivity contribution in [2.45, 2.75) is 53.1 Å². The van der Waals surface area contributed by atoms with E-state index in [4.69, 9.17) is 4.74 Å². The van der Waals surface area contributed by atoms with Crippen molar-refractivity contribution in [1.82, 2.24) is 15.1 Å². The van der Waals surface area contributed by atoms with Crippen LogP contribution in [0.15, 0.2) is 0 Å². The van der Waals surface area contributed by atoms with Gasteiger partial charge >= 0.3 is 0 Å². The van der Waals surface area contributed by atoms with Crippen LogP contribution in [0.3, 0.4) is 0 Å². The summed E-state index contributed by atoms with van der Waals surface area (Å²) in [6, 6.07) is 0.0876. The van der Waals surface area contributed by atoms with Gasteiger partial charge in [0.2, 0.25) is 5.88 Å². The van der Waals surface area contributed by atoms with Crippen molar-refractivity contribution in [2.24, 2.45) is 12.5 Å². The van der Waals surface area contributed by atoms with E-state index in [1.165, 1.54) is 0 Å². The lowest BCUT2D eigenvalue weighted by Crippen LogP contribution is -2.35. The molecule has 0 bridgehead atoms. The normalized spacial score (nSPS) is 13.6. The second kappa shape index (κ2) is 7.09. The lowest BCUT2D eigenvalue weighted by Gasteiger charge is -2.25. The number of aryl methyl sites for hydroxylation is 2. The van der Waals surface area contributed by atoms with Crippen molar-refractivity contribution in [3.8, 4) is 5.88 Å². The van der Waals surface area contributed by atoms with Crippen LogP contribution in [0.5, 0.6) is 5.88 Å². The predicted molar refractivity (Wildman–Crippen MR) is 80.9 cm³/mol. The lowest BCUT2D eigenvalue weighted by atomic mass is 9.88. The number of methoxy groups -OCH3 is 1. The highest BCUT2D eigenvalue weighted by atomic mass is 16.5. The molecule has 0 spiro atoms. The molecule has 1 aromatic rings. The Bertz CT molecular complexity index is 421. The number of hydrogen-bond acceptors (Lipinski definition) is 4. The van der Waals surface area contributed by atoms with Gasteiger partial charge in [0, 0.05) is 19.6 Å². The molecule has 20 heavy (non-hydrogen) atoms. The zero-order valence-electron chi connectivity index (χ0n) is 13.7. The quantitative estimate of drug-likeness (QED) is 0.802. The zero-order chi connectivity index (χ0) is 15.3. The number of aromatic nitrogens is 2. The Hall–Kier alpha value is -1.07. The van der Waals surface area contributed by atoms with Crippen LogP contribution < -0.4 is 10.1 Å². The second-order valence-electron chi connectivity index (χ2n) is 6.44. The fraction of sp³-hybridized carbons (Fsp3) is 0.800. The molecule has 1 atom stereocenters. The summed E-state index contributed by atoms with van der Waals surface area (Å²) in [5.74, 6) is 0.793. The fourth-order valence-corrected chi connectivity index (χ4v) is 2.51. The number of ether oxygens (including phenoxy) is 1. The first-order chi connectivity index (χ1) is 9.32. The molecule has 2 N–H and O–H groups in total. The van der Waals surface area contributed by atoms with Crippen molar-refractivity contribution in [3.63, 3.8) is 0 Å². The maximum Gasteiger partial charge on any atom is 0.216 e. The summed E-state index contributed by atoms with van der Waals surface area (Å²) < 4.78 is 7.19. The Balaban J connectivity index is 2.77. The van der Waals surface area contributed by atoms with E-state index in [1.54, 1.807) is 11.8 Å². The SMILES string of the molecule is CCc1nn(C)c(OC)c1CNC(CO)CC(C)(C)C. The van der Waals surface area contributed by atoms with Crippen LogP contribution in [0.1, 0.15) is 45.4 Å². The number of nitrogens with zero attached hydrogens (tertiary/aromatic N) is 2. The van der Waals surface area contributed by atoms with Gasteiger partial charge in [-0.25, -0.2) is 4.68 Å². The van der Waals surface area contributed by atoms with Crippen molar-refractivity contribution in [1.29, 1.82) is 0 Å². The molecule has 5 nitrogen and oxygen atoms in total. The van der Waals surface area contributed by atoms with E-state index >= 15 is 0 Å². The van der Waals surface area contributed by atoms with Gasteiger partial charge in [-0.1, -0.05) is 27.7 Å². The van der Waals surface area contributed by atoms with Crippen LogP contribution in [-0.4, -0.2) is 34.6 Å². The van der Waals surface area contributed by atoms with Crippen molar-refractivity contribution >= 4 is 0 Å². The molecular formula is C15H29N3O2. The third-order valence-corrected chi connectivity index (χ3v) is 3.35. The molecule has 0 aromatic carbocycles. The Labute approximate surface area is 122 Å². The van der Waals surface area contributed by atoms with Crippen molar-refractivity contribution in [2.75, 3.05) is 13.7 Å². The lowest BCUT2D eigenvalue weighted by molar-refractivity contribution is 0.197. The smallest absolute Gasteiger partial charge is 0.216 e. The summed E-state index contributed by atoms with van der Waals surface area (Å²) in [5.41, 5.74) is 2.32. The molecule has 0 aliphatic heterocycles. The van der Waals surface area contributed by atoms with Gasteiger partial charge in [0.25, 0.3) is 0 Å². The summed E-state index contributed by atoms with van der Waals surface area (Å²) in [4.78, 5) is 0. The Kier molecular flexibility index (Phi) is 6.02. The molecule has 1 rings (SSSR count). The Morgan fingerprint density at radius 1 is 1.40 bits per heavy atom. The average molecular weight is 283 g/mol. The molecule has 0 fully saturated rings. The van der Waals surface area contributed by atoms with Gasteiger partial charge in [0.05, 0.1) is 25.0 Å². The number of rotatable bonds is 7. The van der Waals surface area contributed by atoms with Crippen molar-refractivity contribution in [3.05, 3.63) is 11.3 Å². The molecule has 1 heterocycles. The Morgan fingerprint density at radius 2 is 2.05 bits per heavy atom. The average Bonchev–Trinajstić information content (AvgIpc) is 2.68. The molecule has 0 saturated carbocycles. The van der Waals surface area contributed by atoms with E-state index in [0.717, 1.165) is 30.0 Å². The predicted octanol–water partition coefficient (Wildman–Crippen LogP) is 1.88. The van der Waals surface area contributed by atoms with Crippen LogP contribution in [0.4, 0.5) is 0 Å². The molecule has 116 valence electrons. The largest absolute Gasteiger partial charge is 0.481 e. The van der Waals surface area contributed by atoms with Gasteiger partial charge in [-0.3, -0.25) is 0 Å². The first-order valence-electron chi connectivity index (χ1n) is 7.25. The van der Waals surface area contributed by atoms with Crippen LogP contribution in [-0.2, 0) is 20.0 Å². The molecule has 0 aliphatic rings. The van der Waals surface area contributed by atoms with Crippen LogP contribution >= 0.6 is 0 Å². The molecule has 1 unspecified atom stereocenters. The van der Waals surface area contributed by atoms with Gasteiger partial charge < -0.3 is 15.2 Å². The zero-order valence-corrected chi connectivity index (χ0v) is 13.7. The van der Waals surface area contributed by atoms with E-state index < -0.39 is 0 Å². The fourth-order valence-electron chi connectivity index (χ4n) is 2.51. The standard InChI is InChI=1S/C15H29N3O2/c1-7-13-12(14(20-6)18(5)17-13)9-16-11(10-19)8-15(2,3)4/h11,16,19H,7-10H2,1-6H3. The minimum atomic E-state index is 0.0876. The van der Waals surface area contributed by atoms with Crippen LogP contribution in [0.2, 0.25) is 0 Å². The molecule has 5 heteroatoms. The molecule has 0 saturated heterocycles. The topological polar surface area (TPSA) is 59.3 Å². The van der Waals surface area contributed by atoms with Gasteiger partial charge in [-0.2, -0.15) is 5.10 Å². The summed E-state index contributed by atoms with van der Waals surface area (Å²) in [6.07, 6.45) is 1.80. The summed E-state index contributed by atoms with van der Waals surface area (Å²) in [7, 11) is 3.55. The number of nitrogens with one attached hydrogen (secondary N) is 1. The van der Waals surface area contributed by atoms with Crippen molar-refractivity contribution < 1.29 is 9.84 Å². The first-order valence-corrected chi connectivity index (χ1v) is 7.25. The molecule has 1 aromatic heterocycles. The van der Waals surface area contributed by atoms with Gasteiger partial charge in [-0.05, 0) is 18.3 Å². The maximum absolute atomic E-state index is 9.51. The van der Waals surface area contributed by atoms with E-state index in [-0.39, 0.29) is 18.1 Å². The summed E-state index contributed by atoms with van der Waals surface area (Å²) >= 11 is 0. The third kappa shape index (κ3) is 4.49. The number of hydrogen-bond donors (Lipinski definition) is 2. The van der Waals surface area contributed by atoms with E-state index in [9.17, 15) is 5.11 Å². The van der Waals surface area contributed by atoms with Crippen LogP contribution in [0, 0.1) is 5.41 Å². The van der Waals surface area contributed by atoms with E-state index in [2.05, 4.69) is 38.1 Å². The first kappa shape index (κ1) is 17.0. The molecule has 0 amide bonds. The van der Waals surface area contributed by atoms with Gasteiger partial charge in [0.1, 0.15) is 0 Å². The molecular weight excluding hydrogens is 254 g/mol. The van der Waals surface area contributed by atoms with Crippen LogP contribution in [0.25, 0.3) is 0 Å². The number of aliphatic hydroxyl groups is 1. The minimum Gasteiger partial charge on any atom is -0.481 e. The molecule has 0 aliphatic carbocycles. The maximum atomic E-state index is 9.51. The molecule has 0 radical (unpaired) electrons. The minimum absolute atomic E-state index is 0.0876. The summed E-state index contributed by atoms with van der Waals surface area (Å²) in [5, 5.41) is 17.4. The Morgan fingerprint density at radius 3 is 2.50 bits per heavy atom. The third-order valence-electron chi connectivity index (χ3n) is 3.35. The second-order valence-corrected chi connectivity index (χ2v) is 6.44. The highest BCUT2D eigenvalue weighted by Gasteiger charge is 2.20.